The third kappa shape index (κ3) is 2.92. The number of nitrogens with zero attached hydrogens (tertiary/aromatic N) is 4. The number of hydrogen-bond donors (Lipinski definition) is 2. The van der Waals surface area contributed by atoms with Crippen LogP contribution < -0.4 is 5.32 Å². The second kappa shape index (κ2) is 5.61. The molecule has 2 N–H and O–H groups in total. The van der Waals surface area contributed by atoms with Crippen molar-refractivity contribution in [2.45, 2.75) is 13.5 Å². The molecule has 3 aromatic rings. The molecule has 0 aliphatic carbocycles. The van der Waals surface area contributed by atoms with Crippen molar-refractivity contribution in [3.8, 4) is 5.75 Å². The second-order valence-electron chi connectivity index (χ2n) is 4.56. The van der Waals surface area contributed by atoms with Crippen molar-refractivity contribution < 1.29 is 5.11 Å². The third-order valence-electron chi connectivity index (χ3n) is 2.97. The minimum Gasteiger partial charge on any atom is -0.506 e. The number of halogens is 1. The van der Waals surface area contributed by atoms with E-state index in [1.165, 1.54) is 6.33 Å². The van der Waals surface area contributed by atoms with E-state index >= 15 is 0 Å². The first kappa shape index (κ1) is 13.7. The van der Waals surface area contributed by atoms with Crippen molar-refractivity contribution in [1.82, 2.24) is 20.2 Å². The van der Waals surface area contributed by atoms with Gasteiger partial charge in [0.15, 0.2) is 0 Å². The molecule has 2 heterocycles. The highest BCUT2D eigenvalue weighted by atomic mass is 79.9. The van der Waals surface area contributed by atoms with Crippen molar-refractivity contribution in [3.63, 3.8) is 0 Å². The van der Waals surface area contributed by atoms with E-state index in [-0.39, 0.29) is 5.75 Å². The van der Waals surface area contributed by atoms with Gasteiger partial charge >= 0.3 is 0 Å². The molecule has 3 rings (SSSR count). The SMILES string of the molecule is Cc1ccc(CNc2ncnc3c(O)cc(Br)cc23)nn1. The number of phenols is 1. The van der Waals surface area contributed by atoms with Crippen LogP contribution in [0.2, 0.25) is 0 Å². The molecular formula is C14H12BrN5O. The molecule has 0 saturated heterocycles. The molecular weight excluding hydrogens is 334 g/mol. The van der Waals surface area contributed by atoms with Gasteiger partial charge in [-0.15, -0.1) is 0 Å². The highest BCUT2D eigenvalue weighted by Crippen LogP contribution is 2.30. The van der Waals surface area contributed by atoms with E-state index in [1.807, 2.05) is 25.1 Å². The van der Waals surface area contributed by atoms with Gasteiger partial charge in [-0.3, -0.25) is 0 Å². The fourth-order valence-corrected chi connectivity index (χ4v) is 2.40. The molecule has 6 nitrogen and oxygen atoms in total. The van der Waals surface area contributed by atoms with Crippen LogP contribution in [0.4, 0.5) is 5.82 Å². The third-order valence-corrected chi connectivity index (χ3v) is 3.43. The number of aromatic hydroxyl groups is 1. The number of aromatic nitrogens is 4. The number of phenolic OH excluding ortho intramolecular Hbond substituents is 1. The van der Waals surface area contributed by atoms with Crippen LogP contribution in [0.1, 0.15) is 11.4 Å². The first-order chi connectivity index (χ1) is 10.1. The summed E-state index contributed by atoms with van der Waals surface area (Å²) in [7, 11) is 0. The smallest absolute Gasteiger partial charge is 0.143 e. The van der Waals surface area contributed by atoms with E-state index in [4.69, 9.17) is 0 Å². The average molecular weight is 346 g/mol. The molecule has 21 heavy (non-hydrogen) atoms. The Morgan fingerprint density at radius 1 is 1.19 bits per heavy atom. The van der Waals surface area contributed by atoms with Gasteiger partial charge in [-0.25, -0.2) is 9.97 Å². The first-order valence-corrected chi connectivity index (χ1v) is 7.09. The van der Waals surface area contributed by atoms with Crippen molar-refractivity contribution in [1.29, 1.82) is 0 Å². The Morgan fingerprint density at radius 3 is 2.81 bits per heavy atom. The Labute approximate surface area is 129 Å². The van der Waals surface area contributed by atoms with Gasteiger partial charge in [0.1, 0.15) is 23.4 Å². The Balaban J connectivity index is 1.92. The summed E-state index contributed by atoms with van der Waals surface area (Å²) in [6.07, 6.45) is 1.42. The van der Waals surface area contributed by atoms with Gasteiger partial charge in [0, 0.05) is 9.86 Å². The molecule has 0 bridgehead atoms. The van der Waals surface area contributed by atoms with Crippen LogP contribution in [-0.4, -0.2) is 25.3 Å². The normalized spacial score (nSPS) is 10.8. The highest BCUT2D eigenvalue weighted by Gasteiger charge is 2.09. The van der Waals surface area contributed by atoms with E-state index in [0.717, 1.165) is 21.2 Å². The summed E-state index contributed by atoms with van der Waals surface area (Å²) in [6, 6.07) is 7.28. The quantitative estimate of drug-likeness (QED) is 0.759. The summed E-state index contributed by atoms with van der Waals surface area (Å²) < 4.78 is 0.764. The lowest BCUT2D eigenvalue weighted by molar-refractivity contribution is 0.480. The molecule has 0 aliphatic rings. The molecule has 7 heteroatoms. The maximum atomic E-state index is 9.92. The predicted molar refractivity (Wildman–Crippen MR) is 83.0 cm³/mol. The molecule has 1 aromatic carbocycles. The van der Waals surface area contributed by atoms with Gasteiger partial charge in [0.05, 0.1) is 17.9 Å². The molecule has 0 unspecified atom stereocenters. The number of rotatable bonds is 3. The van der Waals surface area contributed by atoms with Crippen LogP contribution in [0, 0.1) is 6.92 Å². The van der Waals surface area contributed by atoms with E-state index < -0.39 is 0 Å². The van der Waals surface area contributed by atoms with Crippen LogP contribution >= 0.6 is 15.9 Å². The summed E-state index contributed by atoms with van der Waals surface area (Å²) in [5.41, 5.74) is 2.19. The fourth-order valence-electron chi connectivity index (χ4n) is 1.95. The summed E-state index contributed by atoms with van der Waals surface area (Å²) in [5.74, 6) is 0.749. The number of aryl methyl sites for hydroxylation is 1. The summed E-state index contributed by atoms with van der Waals surface area (Å²) >= 11 is 3.36. The number of anilines is 1. The number of nitrogens with one attached hydrogen (secondary N) is 1. The van der Waals surface area contributed by atoms with Gasteiger partial charge in [0.25, 0.3) is 0 Å². The molecule has 0 spiro atoms. The lowest BCUT2D eigenvalue weighted by atomic mass is 10.2. The van der Waals surface area contributed by atoms with Gasteiger partial charge in [-0.2, -0.15) is 10.2 Å². The standard InChI is InChI=1S/C14H12BrN5O/c1-8-2-3-10(20-19-8)6-16-14-11-4-9(15)5-12(21)13(11)17-7-18-14/h2-5,7,21H,6H2,1H3,(H,16,17,18). The Morgan fingerprint density at radius 2 is 2.05 bits per heavy atom. The van der Waals surface area contributed by atoms with Crippen LogP contribution in [-0.2, 0) is 6.54 Å². The zero-order valence-corrected chi connectivity index (χ0v) is 12.8. The van der Waals surface area contributed by atoms with Crippen molar-refractivity contribution in [2.24, 2.45) is 0 Å². The molecule has 0 amide bonds. The van der Waals surface area contributed by atoms with Crippen LogP contribution in [0.15, 0.2) is 35.1 Å². The van der Waals surface area contributed by atoms with E-state index in [0.29, 0.717) is 17.9 Å². The van der Waals surface area contributed by atoms with Crippen molar-refractivity contribution in [2.75, 3.05) is 5.32 Å². The van der Waals surface area contributed by atoms with Crippen molar-refractivity contribution in [3.05, 3.63) is 46.5 Å². The minimum atomic E-state index is 0.111. The molecule has 0 saturated carbocycles. The topological polar surface area (TPSA) is 83.8 Å². The van der Waals surface area contributed by atoms with Crippen LogP contribution in [0.25, 0.3) is 10.9 Å². The second-order valence-corrected chi connectivity index (χ2v) is 5.48. The predicted octanol–water partition coefficient (Wildman–Crippen LogP) is 2.81. The Hall–Kier alpha value is -2.28. The molecule has 106 valence electrons. The molecule has 0 fully saturated rings. The maximum absolute atomic E-state index is 9.92. The zero-order valence-electron chi connectivity index (χ0n) is 11.2. The maximum Gasteiger partial charge on any atom is 0.143 e. The van der Waals surface area contributed by atoms with Gasteiger partial charge in [-0.05, 0) is 31.2 Å². The van der Waals surface area contributed by atoms with Gasteiger partial charge < -0.3 is 10.4 Å². The largest absolute Gasteiger partial charge is 0.506 e. The molecule has 0 atom stereocenters. The van der Waals surface area contributed by atoms with E-state index in [1.54, 1.807) is 6.07 Å². The Kier molecular flexibility index (Phi) is 3.66. The first-order valence-electron chi connectivity index (χ1n) is 6.30. The van der Waals surface area contributed by atoms with Gasteiger partial charge in [-0.1, -0.05) is 15.9 Å². The van der Waals surface area contributed by atoms with Crippen molar-refractivity contribution >= 4 is 32.7 Å². The lowest BCUT2D eigenvalue weighted by Crippen LogP contribution is -2.05. The van der Waals surface area contributed by atoms with Crippen LogP contribution in [0.3, 0.4) is 0 Å². The monoisotopic (exact) mass is 345 g/mol. The Bertz CT molecular complexity index is 791. The lowest BCUT2D eigenvalue weighted by Gasteiger charge is -2.09. The highest BCUT2D eigenvalue weighted by molar-refractivity contribution is 9.10. The zero-order chi connectivity index (χ0) is 14.8. The average Bonchev–Trinajstić information content (AvgIpc) is 2.47. The summed E-state index contributed by atoms with van der Waals surface area (Å²) in [4.78, 5) is 8.32. The number of fused-ring (bicyclic) bond motifs is 1. The molecule has 2 aromatic heterocycles. The molecule has 0 aliphatic heterocycles. The fraction of sp³-hybridized carbons (Fsp3) is 0.143. The number of hydrogen-bond acceptors (Lipinski definition) is 6. The minimum absolute atomic E-state index is 0.111. The molecule has 0 radical (unpaired) electrons. The number of benzene rings is 1. The van der Waals surface area contributed by atoms with E-state index in [2.05, 4.69) is 41.4 Å². The van der Waals surface area contributed by atoms with Gasteiger partial charge in [0.2, 0.25) is 0 Å². The summed E-state index contributed by atoms with van der Waals surface area (Å²) in [6.45, 7) is 2.38. The van der Waals surface area contributed by atoms with Crippen LogP contribution in [0.5, 0.6) is 5.75 Å². The summed E-state index contributed by atoms with van der Waals surface area (Å²) in [5, 5.41) is 22.0. The van der Waals surface area contributed by atoms with E-state index in [9.17, 15) is 5.11 Å².